The largest absolute Gasteiger partial charge is 0.338 e. The molecule has 104 valence electrons. The topological polar surface area (TPSA) is 58.3 Å². The maximum absolute atomic E-state index is 5.98. The van der Waals surface area contributed by atoms with Gasteiger partial charge < -0.3 is 10.6 Å². The van der Waals surface area contributed by atoms with Crippen molar-refractivity contribution >= 4 is 5.95 Å². The quantitative estimate of drug-likeness (QED) is 0.865. The van der Waals surface area contributed by atoms with Crippen molar-refractivity contribution in [3.63, 3.8) is 0 Å². The van der Waals surface area contributed by atoms with Crippen LogP contribution in [0.2, 0.25) is 0 Å². The normalized spacial score (nSPS) is 23.1. The molecule has 5 heteroatoms. The Bertz CT molecular complexity index is 384. The minimum Gasteiger partial charge on any atom is -0.338 e. The summed E-state index contributed by atoms with van der Waals surface area (Å²) < 4.78 is 0. The molecule has 2 aliphatic rings. The van der Waals surface area contributed by atoms with Gasteiger partial charge in [-0.1, -0.05) is 6.42 Å². The van der Waals surface area contributed by atoms with E-state index in [1.54, 1.807) is 0 Å². The Labute approximate surface area is 114 Å². The third-order valence-corrected chi connectivity index (χ3v) is 4.55. The first-order valence-electron chi connectivity index (χ1n) is 7.34. The van der Waals surface area contributed by atoms with Crippen LogP contribution in [0, 0.1) is 5.92 Å². The van der Waals surface area contributed by atoms with E-state index in [1.165, 1.54) is 19.3 Å². The molecule has 2 N–H and O–H groups in total. The minimum atomic E-state index is 0.590. The monoisotopic (exact) mass is 261 g/mol. The van der Waals surface area contributed by atoms with Crippen molar-refractivity contribution in [2.75, 3.05) is 37.6 Å². The number of aromatic nitrogens is 2. The van der Waals surface area contributed by atoms with Gasteiger partial charge in [0.1, 0.15) is 0 Å². The maximum Gasteiger partial charge on any atom is 0.225 e. The molecule has 5 nitrogen and oxygen atoms in total. The highest BCUT2D eigenvalue weighted by atomic mass is 15.3. The molecule has 2 heterocycles. The number of anilines is 1. The number of hydrogen-bond donors (Lipinski definition) is 1. The molecule has 0 radical (unpaired) electrons. The van der Waals surface area contributed by atoms with Crippen molar-refractivity contribution in [3.8, 4) is 0 Å². The molecule has 1 aromatic rings. The molecule has 1 aliphatic heterocycles. The Morgan fingerprint density at radius 2 is 1.84 bits per heavy atom. The zero-order valence-electron chi connectivity index (χ0n) is 11.4. The van der Waals surface area contributed by atoms with Crippen LogP contribution in [-0.2, 0) is 0 Å². The van der Waals surface area contributed by atoms with Gasteiger partial charge in [-0.3, -0.25) is 4.90 Å². The lowest BCUT2D eigenvalue weighted by molar-refractivity contribution is 0.0948. The van der Waals surface area contributed by atoms with Crippen molar-refractivity contribution in [1.29, 1.82) is 0 Å². The first kappa shape index (κ1) is 12.8. The number of hydrogen-bond acceptors (Lipinski definition) is 5. The van der Waals surface area contributed by atoms with Crippen molar-refractivity contribution in [3.05, 3.63) is 18.5 Å². The highest BCUT2D eigenvalue weighted by Crippen LogP contribution is 2.32. The summed E-state index contributed by atoms with van der Waals surface area (Å²) in [5.74, 6) is 1.69. The first-order chi connectivity index (χ1) is 9.38. The third kappa shape index (κ3) is 2.72. The fourth-order valence-corrected chi connectivity index (χ4v) is 3.17. The van der Waals surface area contributed by atoms with Gasteiger partial charge in [-0.2, -0.15) is 0 Å². The van der Waals surface area contributed by atoms with Gasteiger partial charge in [-0.05, 0) is 24.8 Å². The third-order valence-electron chi connectivity index (χ3n) is 4.55. The summed E-state index contributed by atoms with van der Waals surface area (Å²) in [4.78, 5) is 13.5. The summed E-state index contributed by atoms with van der Waals surface area (Å²) in [6, 6.07) is 2.45. The molecule has 1 saturated carbocycles. The lowest BCUT2D eigenvalue weighted by atomic mass is 9.79. The van der Waals surface area contributed by atoms with Crippen molar-refractivity contribution in [2.45, 2.75) is 25.3 Å². The van der Waals surface area contributed by atoms with Crippen molar-refractivity contribution in [2.24, 2.45) is 11.7 Å². The highest BCUT2D eigenvalue weighted by Gasteiger charge is 2.32. The molecular formula is C14H23N5. The van der Waals surface area contributed by atoms with Gasteiger partial charge in [-0.25, -0.2) is 9.97 Å². The summed E-state index contributed by atoms with van der Waals surface area (Å²) in [6.07, 6.45) is 7.74. The zero-order valence-corrected chi connectivity index (χ0v) is 11.4. The number of nitrogens with zero attached hydrogens (tertiary/aromatic N) is 4. The standard InChI is InChI=1S/C14H23N5/c15-11-13(12-3-1-4-12)18-7-9-19(10-8-18)14-16-5-2-6-17-14/h2,5-6,12-13H,1,3-4,7-11,15H2. The number of piperazine rings is 1. The summed E-state index contributed by atoms with van der Waals surface area (Å²) >= 11 is 0. The van der Waals surface area contributed by atoms with Gasteiger partial charge in [0, 0.05) is 51.2 Å². The van der Waals surface area contributed by atoms with Gasteiger partial charge in [0.25, 0.3) is 0 Å². The second-order valence-corrected chi connectivity index (χ2v) is 5.57. The van der Waals surface area contributed by atoms with Crippen LogP contribution in [0.15, 0.2) is 18.5 Å². The van der Waals surface area contributed by atoms with Crippen LogP contribution >= 0.6 is 0 Å². The fraction of sp³-hybridized carbons (Fsp3) is 0.714. The molecule has 1 saturated heterocycles. The van der Waals surface area contributed by atoms with E-state index in [-0.39, 0.29) is 0 Å². The second kappa shape index (κ2) is 5.84. The first-order valence-corrected chi connectivity index (χ1v) is 7.34. The van der Waals surface area contributed by atoms with E-state index in [1.807, 2.05) is 18.5 Å². The Balaban J connectivity index is 1.56. The van der Waals surface area contributed by atoms with E-state index in [4.69, 9.17) is 5.73 Å². The van der Waals surface area contributed by atoms with Gasteiger partial charge in [0.15, 0.2) is 0 Å². The average Bonchev–Trinajstić information content (AvgIpc) is 2.44. The van der Waals surface area contributed by atoms with Gasteiger partial charge in [-0.15, -0.1) is 0 Å². The Morgan fingerprint density at radius 1 is 1.16 bits per heavy atom. The summed E-state index contributed by atoms with van der Waals surface area (Å²) in [6.45, 7) is 4.97. The van der Waals surface area contributed by atoms with Crippen LogP contribution in [0.25, 0.3) is 0 Å². The predicted octanol–water partition coefficient (Wildman–Crippen LogP) is 0.726. The molecule has 1 aromatic heterocycles. The van der Waals surface area contributed by atoms with E-state index in [9.17, 15) is 0 Å². The lowest BCUT2D eigenvalue weighted by Gasteiger charge is -2.44. The van der Waals surface area contributed by atoms with Crippen molar-refractivity contribution in [1.82, 2.24) is 14.9 Å². The zero-order chi connectivity index (χ0) is 13.1. The average molecular weight is 261 g/mol. The maximum atomic E-state index is 5.98. The van der Waals surface area contributed by atoms with Crippen molar-refractivity contribution < 1.29 is 0 Å². The SMILES string of the molecule is NCC(C1CCC1)N1CCN(c2ncccn2)CC1. The van der Waals surface area contributed by atoms with Crippen LogP contribution in [-0.4, -0.2) is 53.6 Å². The fourth-order valence-electron chi connectivity index (χ4n) is 3.17. The Hall–Kier alpha value is -1.20. The van der Waals surface area contributed by atoms with E-state index >= 15 is 0 Å². The van der Waals surface area contributed by atoms with Crippen LogP contribution in [0.3, 0.4) is 0 Å². The van der Waals surface area contributed by atoms with Crippen LogP contribution in [0.5, 0.6) is 0 Å². The molecule has 19 heavy (non-hydrogen) atoms. The lowest BCUT2D eigenvalue weighted by Crippen LogP contribution is -2.56. The molecule has 1 atom stereocenters. The number of rotatable bonds is 4. The molecule has 0 spiro atoms. The molecule has 0 aromatic carbocycles. The second-order valence-electron chi connectivity index (χ2n) is 5.57. The molecule has 2 fully saturated rings. The number of nitrogens with two attached hydrogens (primary N) is 1. The molecule has 0 bridgehead atoms. The van der Waals surface area contributed by atoms with Gasteiger partial charge >= 0.3 is 0 Å². The van der Waals surface area contributed by atoms with Gasteiger partial charge in [0.2, 0.25) is 5.95 Å². The van der Waals surface area contributed by atoms with E-state index in [2.05, 4.69) is 19.8 Å². The van der Waals surface area contributed by atoms with E-state index in [0.29, 0.717) is 6.04 Å². The van der Waals surface area contributed by atoms with Crippen LogP contribution in [0.1, 0.15) is 19.3 Å². The van der Waals surface area contributed by atoms with E-state index in [0.717, 1.165) is 44.6 Å². The summed E-state index contributed by atoms with van der Waals surface area (Å²) in [7, 11) is 0. The Kier molecular flexibility index (Phi) is 3.94. The molecule has 0 amide bonds. The predicted molar refractivity (Wildman–Crippen MR) is 76.0 cm³/mol. The molecular weight excluding hydrogens is 238 g/mol. The van der Waals surface area contributed by atoms with Gasteiger partial charge in [0.05, 0.1) is 0 Å². The molecule has 1 unspecified atom stereocenters. The molecule has 1 aliphatic carbocycles. The summed E-state index contributed by atoms with van der Waals surface area (Å²) in [5.41, 5.74) is 5.98. The smallest absolute Gasteiger partial charge is 0.225 e. The Morgan fingerprint density at radius 3 is 2.37 bits per heavy atom. The molecule has 3 rings (SSSR count). The van der Waals surface area contributed by atoms with E-state index < -0.39 is 0 Å². The minimum absolute atomic E-state index is 0.590. The van der Waals surface area contributed by atoms with Crippen LogP contribution < -0.4 is 10.6 Å². The summed E-state index contributed by atoms with van der Waals surface area (Å²) in [5, 5.41) is 0. The highest BCUT2D eigenvalue weighted by molar-refractivity contribution is 5.29. The van der Waals surface area contributed by atoms with Crippen LogP contribution in [0.4, 0.5) is 5.95 Å².